The van der Waals surface area contributed by atoms with Crippen LogP contribution in [0.25, 0.3) is 0 Å². The summed E-state index contributed by atoms with van der Waals surface area (Å²) in [5.74, 6) is 2.52. The van der Waals surface area contributed by atoms with Gasteiger partial charge in [-0.15, -0.1) is 0 Å². The highest BCUT2D eigenvalue weighted by Gasteiger charge is 2.07. The lowest BCUT2D eigenvalue weighted by molar-refractivity contribution is 0.102. The van der Waals surface area contributed by atoms with Crippen LogP contribution in [0.15, 0.2) is 72.9 Å². The zero-order chi connectivity index (χ0) is 22.5. The standard InChI is InChI=1S/C25H24N6O/c1-16-4-6-19(7-5-16)25(32)30-21-10-8-20(9-11-21)29-23-15-24(28-18(3)27-23)31-22-14-17(2)12-13-26-22/h4-15H,1-3H3,(H,30,32)(H2,26,27,28,29,31). The predicted octanol–water partition coefficient (Wildman–Crippen LogP) is 5.54. The van der Waals surface area contributed by atoms with Gasteiger partial charge in [0.2, 0.25) is 0 Å². The molecule has 7 nitrogen and oxygen atoms in total. The van der Waals surface area contributed by atoms with E-state index in [2.05, 4.69) is 30.9 Å². The summed E-state index contributed by atoms with van der Waals surface area (Å²) in [7, 11) is 0. The SMILES string of the molecule is Cc1ccc(C(=O)Nc2ccc(Nc3cc(Nc4cc(C)ccn4)nc(C)n3)cc2)cc1. The fourth-order valence-corrected chi connectivity index (χ4v) is 3.12. The lowest BCUT2D eigenvalue weighted by Crippen LogP contribution is -2.11. The number of amides is 1. The Morgan fingerprint density at radius 1 is 0.688 bits per heavy atom. The average Bonchev–Trinajstić information content (AvgIpc) is 2.75. The maximum Gasteiger partial charge on any atom is 0.255 e. The highest BCUT2D eigenvalue weighted by atomic mass is 16.1. The van der Waals surface area contributed by atoms with Gasteiger partial charge in [-0.1, -0.05) is 17.7 Å². The first-order valence-electron chi connectivity index (χ1n) is 10.2. The molecule has 0 bridgehead atoms. The van der Waals surface area contributed by atoms with Crippen LogP contribution in [-0.2, 0) is 0 Å². The van der Waals surface area contributed by atoms with Crippen LogP contribution in [0.1, 0.15) is 27.3 Å². The van der Waals surface area contributed by atoms with E-state index in [0.29, 0.717) is 28.7 Å². The summed E-state index contributed by atoms with van der Waals surface area (Å²) in [6.45, 7) is 5.84. The summed E-state index contributed by atoms with van der Waals surface area (Å²) in [6.07, 6.45) is 1.75. The van der Waals surface area contributed by atoms with Gasteiger partial charge >= 0.3 is 0 Å². The van der Waals surface area contributed by atoms with E-state index in [4.69, 9.17) is 0 Å². The Morgan fingerprint density at radius 2 is 1.34 bits per heavy atom. The zero-order valence-corrected chi connectivity index (χ0v) is 18.2. The van der Waals surface area contributed by atoms with Crippen molar-refractivity contribution >= 4 is 34.7 Å². The first-order chi connectivity index (χ1) is 15.4. The van der Waals surface area contributed by atoms with Crippen LogP contribution < -0.4 is 16.0 Å². The number of rotatable bonds is 6. The number of hydrogen-bond acceptors (Lipinski definition) is 6. The van der Waals surface area contributed by atoms with E-state index in [1.807, 2.05) is 87.5 Å². The number of pyridine rings is 1. The minimum absolute atomic E-state index is 0.141. The molecule has 0 aliphatic carbocycles. The molecule has 4 aromatic rings. The van der Waals surface area contributed by atoms with Crippen LogP contribution in [0.3, 0.4) is 0 Å². The third-order valence-electron chi connectivity index (χ3n) is 4.74. The minimum atomic E-state index is -0.141. The van der Waals surface area contributed by atoms with Gasteiger partial charge in [-0.25, -0.2) is 15.0 Å². The Bertz CT molecular complexity index is 1240. The fraction of sp³-hybridized carbons (Fsp3) is 0.120. The monoisotopic (exact) mass is 424 g/mol. The largest absolute Gasteiger partial charge is 0.340 e. The molecule has 2 heterocycles. The molecule has 0 spiro atoms. The summed E-state index contributed by atoms with van der Waals surface area (Å²) < 4.78 is 0. The smallest absolute Gasteiger partial charge is 0.255 e. The van der Waals surface area contributed by atoms with Gasteiger partial charge < -0.3 is 16.0 Å². The molecule has 32 heavy (non-hydrogen) atoms. The van der Waals surface area contributed by atoms with Crippen molar-refractivity contribution in [1.29, 1.82) is 0 Å². The summed E-state index contributed by atoms with van der Waals surface area (Å²) >= 11 is 0. The predicted molar refractivity (Wildman–Crippen MR) is 128 cm³/mol. The second-order valence-corrected chi connectivity index (χ2v) is 7.55. The lowest BCUT2D eigenvalue weighted by atomic mass is 10.1. The molecule has 0 radical (unpaired) electrons. The molecule has 160 valence electrons. The van der Waals surface area contributed by atoms with Crippen molar-refractivity contribution in [2.24, 2.45) is 0 Å². The highest BCUT2D eigenvalue weighted by Crippen LogP contribution is 2.21. The van der Waals surface area contributed by atoms with Crippen molar-refractivity contribution < 1.29 is 4.79 Å². The van der Waals surface area contributed by atoms with Crippen molar-refractivity contribution in [3.05, 3.63) is 95.4 Å². The minimum Gasteiger partial charge on any atom is -0.340 e. The third-order valence-corrected chi connectivity index (χ3v) is 4.74. The topological polar surface area (TPSA) is 91.8 Å². The van der Waals surface area contributed by atoms with E-state index in [1.165, 1.54) is 0 Å². The summed E-state index contributed by atoms with van der Waals surface area (Å²) in [4.78, 5) is 25.6. The first-order valence-corrected chi connectivity index (χ1v) is 10.2. The molecule has 0 aliphatic rings. The van der Waals surface area contributed by atoms with Crippen molar-refractivity contribution in [2.45, 2.75) is 20.8 Å². The number of carbonyl (C=O) groups is 1. The van der Waals surface area contributed by atoms with Gasteiger partial charge in [-0.3, -0.25) is 4.79 Å². The van der Waals surface area contributed by atoms with E-state index in [-0.39, 0.29) is 5.91 Å². The molecule has 0 atom stereocenters. The lowest BCUT2D eigenvalue weighted by Gasteiger charge is -2.11. The van der Waals surface area contributed by atoms with Gasteiger partial charge in [0, 0.05) is 29.2 Å². The third kappa shape index (κ3) is 5.46. The maximum absolute atomic E-state index is 12.4. The molecule has 0 saturated heterocycles. The van der Waals surface area contributed by atoms with Crippen LogP contribution in [0.5, 0.6) is 0 Å². The number of anilines is 5. The Labute approximate surface area is 187 Å². The Kier molecular flexibility index (Phi) is 6.07. The van der Waals surface area contributed by atoms with Crippen molar-refractivity contribution in [3.8, 4) is 0 Å². The molecular formula is C25H24N6O. The number of carbonyl (C=O) groups excluding carboxylic acids is 1. The van der Waals surface area contributed by atoms with Crippen LogP contribution in [0.2, 0.25) is 0 Å². The molecule has 2 aromatic carbocycles. The first kappa shape index (κ1) is 21.0. The number of nitrogens with zero attached hydrogens (tertiary/aromatic N) is 3. The number of hydrogen-bond donors (Lipinski definition) is 3. The fourth-order valence-electron chi connectivity index (χ4n) is 3.12. The van der Waals surface area contributed by atoms with Crippen molar-refractivity contribution in [1.82, 2.24) is 15.0 Å². The highest BCUT2D eigenvalue weighted by molar-refractivity contribution is 6.04. The average molecular weight is 425 g/mol. The molecule has 0 unspecified atom stereocenters. The molecule has 7 heteroatoms. The second-order valence-electron chi connectivity index (χ2n) is 7.55. The van der Waals surface area contributed by atoms with E-state index in [1.54, 1.807) is 6.20 Å². The van der Waals surface area contributed by atoms with E-state index >= 15 is 0 Å². The van der Waals surface area contributed by atoms with Gasteiger partial charge in [0.1, 0.15) is 23.3 Å². The van der Waals surface area contributed by atoms with Gasteiger partial charge in [-0.05, 0) is 74.9 Å². The quantitative estimate of drug-likeness (QED) is 0.377. The number of benzene rings is 2. The van der Waals surface area contributed by atoms with Crippen LogP contribution in [0, 0.1) is 20.8 Å². The van der Waals surface area contributed by atoms with Crippen molar-refractivity contribution in [2.75, 3.05) is 16.0 Å². The molecule has 4 rings (SSSR count). The number of aromatic nitrogens is 3. The summed E-state index contributed by atoms with van der Waals surface area (Å²) in [5, 5.41) is 9.40. The number of aryl methyl sites for hydroxylation is 3. The van der Waals surface area contributed by atoms with Crippen molar-refractivity contribution in [3.63, 3.8) is 0 Å². The Morgan fingerprint density at radius 3 is 2.03 bits per heavy atom. The normalized spacial score (nSPS) is 10.5. The van der Waals surface area contributed by atoms with E-state index in [9.17, 15) is 4.79 Å². The van der Waals surface area contributed by atoms with Gasteiger partial charge in [0.25, 0.3) is 5.91 Å². The van der Waals surface area contributed by atoms with Gasteiger partial charge in [0.15, 0.2) is 0 Å². The van der Waals surface area contributed by atoms with Crippen LogP contribution in [0.4, 0.5) is 28.8 Å². The number of nitrogens with one attached hydrogen (secondary N) is 3. The molecule has 0 saturated carbocycles. The van der Waals surface area contributed by atoms with Crippen LogP contribution in [-0.4, -0.2) is 20.9 Å². The molecule has 1 amide bonds. The van der Waals surface area contributed by atoms with Gasteiger partial charge in [-0.2, -0.15) is 0 Å². The molecule has 0 aliphatic heterocycles. The van der Waals surface area contributed by atoms with Crippen LogP contribution >= 0.6 is 0 Å². The van der Waals surface area contributed by atoms with E-state index in [0.717, 1.165) is 22.6 Å². The molecule has 3 N–H and O–H groups in total. The summed E-state index contributed by atoms with van der Waals surface area (Å²) in [6, 6.07) is 20.7. The Balaban J connectivity index is 1.43. The molecular weight excluding hydrogens is 400 g/mol. The van der Waals surface area contributed by atoms with Gasteiger partial charge in [0.05, 0.1) is 0 Å². The van der Waals surface area contributed by atoms with E-state index < -0.39 is 0 Å². The second kappa shape index (κ2) is 9.26. The maximum atomic E-state index is 12.4. The molecule has 0 fully saturated rings. The Hall–Kier alpha value is -4.26. The zero-order valence-electron chi connectivity index (χ0n) is 18.2. The molecule has 2 aromatic heterocycles. The summed E-state index contributed by atoms with van der Waals surface area (Å²) in [5.41, 5.74) is 4.41.